The molecule has 0 atom stereocenters. The van der Waals surface area contributed by atoms with Crippen molar-refractivity contribution in [3.63, 3.8) is 0 Å². The molecular formula is C18H18N4O. The molecule has 0 bridgehead atoms. The molecule has 23 heavy (non-hydrogen) atoms. The van der Waals surface area contributed by atoms with E-state index in [1.165, 1.54) is 10.2 Å². The van der Waals surface area contributed by atoms with Gasteiger partial charge in [0.15, 0.2) is 0 Å². The third kappa shape index (κ3) is 3.58. The van der Waals surface area contributed by atoms with Crippen molar-refractivity contribution >= 4 is 12.2 Å². The number of aryl methyl sites for hydroxylation is 2. The largest absolute Gasteiger partial charge is 0.457 e. The van der Waals surface area contributed by atoms with Crippen molar-refractivity contribution in [2.75, 3.05) is 5.73 Å². The van der Waals surface area contributed by atoms with E-state index in [2.05, 4.69) is 10.1 Å². The number of benzene rings is 2. The Morgan fingerprint density at radius 2 is 1.83 bits per heavy atom. The first-order valence-corrected chi connectivity index (χ1v) is 7.31. The average Bonchev–Trinajstić information content (AvgIpc) is 2.86. The van der Waals surface area contributed by atoms with Crippen molar-refractivity contribution < 1.29 is 4.74 Å². The van der Waals surface area contributed by atoms with E-state index in [0.717, 1.165) is 22.8 Å². The zero-order valence-electron chi connectivity index (χ0n) is 13.1. The van der Waals surface area contributed by atoms with Crippen LogP contribution in [0, 0.1) is 13.8 Å². The molecule has 5 heteroatoms. The quantitative estimate of drug-likeness (QED) is 0.746. The maximum Gasteiger partial charge on any atom is 0.221 e. The number of anilines is 1. The summed E-state index contributed by atoms with van der Waals surface area (Å²) in [6, 6.07) is 15.6. The highest BCUT2D eigenvalue weighted by Crippen LogP contribution is 2.24. The first kappa shape index (κ1) is 14.8. The molecule has 0 saturated carbocycles. The Kier molecular flexibility index (Phi) is 4.10. The Hall–Kier alpha value is -3.08. The van der Waals surface area contributed by atoms with E-state index in [1.807, 2.05) is 62.4 Å². The number of para-hydroxylation sites is 1. The molecule has 0 spiro atoms. The summed E-state index contributed by atoms with van der Waals surface area (Å²) in [5, 5.41) is 4.34. The summed E-state index contributed by atoms with van der Waals surface area (Å²) >= 11 is 0. The van der Waals surface area contributed by atoms with E-state index in [9.17, 15) is 0 Å². The fourth-order valence-electron chi connectivity index (χ4n) is 2.13. The maximum atomic E-state index is 5.94. The Morgan fingerprint density at radius 3 is 2.52 bits per heavy atom. The molecule has 3 aromatic rings. The molecule has 0 unspecified atom stereocenters. The van der Waals surface area contributed by atoms with Crippen molar-refractivity contribution in [3.8, 4) is 11.5 Å². The summed E-state index contributed by atoms with van der Waals surface area (Å²) in [6.45, 7) is 3.92. The number of imidazole rings is 1. The lowest BCUT2D eigenvalue weighted by Crippen LogP contribution is -1.98. The molecule has 116 valence electrons. The molecular weight excluding hydrogens is 288 g/mol. The van der Waals surface area contributed by atoms with Gasteiger partial charge in [-0.25, -0.2) is 9.66 Å². The third-order valence-corrected chi connectivity index (χ3v) is 3.32. The van der Waals surface area contributed by atoms with Gasteiger partial charge in [0.25, 0.3) is 0 Å². The number of ether oxygens (including phenoxy) is 1. The summed E-state index contributed by atoms with van der Waals surface area (Å²) in [5.74, 6) is 1.88. The van der Waals surface area contributed by atoms with E-state index >= 15 is 0 Å². The van der Waals surface area contributed by atoms with Gasteiger partial charge < -0.3 is 10.5 Å². The number of rotatable bonds is 4. The van der Waals surface area contributed by atoms with E-state index in [-0.39, 0.29) is 0 Å². The van der Waals surface area contributed by atoms with Gasteiger partial charge in [0.2, 0.25) is 5.95 Å². The molecule has 0 saturated heterocycles. The van der Waals surface area contributed by atoms with Gasteiger partial charge in [-0.3, -0.25) is 0 Å². The van der Waals surface area contributed by atoms with Gasteiger partial charge in [-0.2, -0.15) is 5.10 Å². The van der Waals surface area contributed by atoms with Gasteiger partial charge in [-0.15, -0.1) is 0 Å². The van der Waals surface area contributed by atoms with Crippen LogP contribution in [-0.4, -0.2) is 15.9 Å². The van der Waals surface area contributed by atoms with Crippen LogP contribution < -0.4 is 10.5 Å². The number of hydrogen-bond donors (Lipinski definition) is 1. The maximum absolute atomic E-state index is 5.94. The standard InChI is InChI=1S/C18H18N4O/c1-13-7-9-16(10-8-13)23-17-6-4-3-5-15(17)11-20-22-12-14(2)21-18(22)19/h3-12H,1-2H3,(H2,19,21). The lowest BCUT2D eigenvalue weighted by atomic mass is 10.2. The minimum absolute atomic E-state index is 0.357. The van der Waals surface area contributed by atoms with Crippen molar-refractivity contribution in [3.05, 3.63) is 71.5 Å². The molecule has 0 aliphatic carbocycles. The Bertz CT molecular complexity index is 834. The smallest absolute Gasteiger partial charge is 0.221 e. The second kappa shape index (κ2) is 6.36. The van der Waals surface area contributed by atoms with E-state index < -0.39 is 0 Å². The van der Waals surface area contributed by atoms with Gasteiger partial charge in [-0.05, 0) is 38.1 Å². The van der Waals surface area contributed by atoms with Gasteiger partial charge in [0.1, 0.15) is 11.5 Å². The predicted octanol–water partition coefficient (Wildman–Crippen LogP) is 3.76. The molecule has 0 aliphatic rings. The first-order chi connectivity index (χ1) is 11.1. The van der Waals surface area contributed by atoms with Crippen molar-refractivity contribution in [2.24, 2.45) is 5.10 Å². The molecule has 0 amide bonds. The number of nitrogen functional groups attached to an aromatic ring is 1. The van der Waals surface area contributed by atoms with Crippen LogP contribution in [0.15, 0.2) is 59.8 Å². The van der Waals surface area contributed by atoms with Crippen LogP contribution in [0.1, 0.15) is 16.8 Å². The van der Waals surface area contributed by atoms with Gasteiger partial charge in [-0.1, -0.05) is 29.8 Å². The molecule has 5 nitrogen and oxygen atoms in total. The van der Waals surface area contributed by atoms with Gasteiger partial charge in [0, 0.05) is 5.56 Å². The lowest BCUT2D eigenvalue weighted by Gasteiger charge is -2.08. The highest BCUT2D eigenvalue weighted by molar-refractivity contribution is 5.83. The summed E-state index contributed by atoms with van der Waals surface area (Å²) in [4.78, 5) is 4.12. The van der Waals surface area contributed by atoms with Crippen molar-refractivity contribution in [1.29, 1.82) is 0 Å². The Morgan fingerprint density at radius 1 is 1.09 bits per heavy atom. The van der Waals surface area contributed by atoms with E-state index in [1.54, 1.807) is 12.4 Å². The monoisotopic (exact) mass is 306 g/mol. The molecule has 0 aliphatic heterocycles. The molecule has 0 radical (unpaired) electrons. The van der Waals surface area contributed by atoms with Crippen molar-refractivity contribution in [2.45, 2.75) is 13.8 Å². The molecule has 2 N–H and O–H groups in total. The molecule has 3 rings (SSSR count). The number of nitrogens with zero attached hydrogens (tertiary/aromatic N) is 3. The second-order valence-corrected chi connectivity index (χ2v) is 5.28. The summed E-state index contributed by atoms with van der Waals surface area (Å²) < 4.78 is 7.48. The van der Waals surface area contributed by atoms with E-state index in [4.69, 9.17) is 10.5 Å². The first-order valence-electron chi connectivity index (χ1n) is 7.31. The minimum Gasteiger partial charge on any atom is -0.457 e. The van der Waals surface area contributed by atoms with Crippen LogP contribution in [0.4, 0.5) is 5.95 Å². The zero-order chi connectivity index (χ0) is 16.2. The molecule has 1 aromatic heterocycles. The average molecular weight is 306 g/mol. The zero-order valence-corrected chi connectivity index (χ0v) is 13.1. The fraction of sp³-hybridized carbons (Fsp3) is 0.111. The third-order valence-electron chi connectivity index (χ3n) is 3.32. The summed E-state index contributed by atoms with van der Waals surface area (Å²) in [6.07, 6.45) is 3.48. The second-order valence-electron chi connectivity index (χ2n) is 5.28. The topological polar surface area (TPSA) is 65.4 Å². The SMILES string of the molecule is Cc1ccc(Oc2ccccc2C=Nn2cc(C)nc2N)cc1. The highest BCUT2D eigenvalue weighted by atomic mass is 16.5. The van der Waals surface area contributed by atoms with Crippen LogP contribution in [0.2, 0.25) is 0 Å². The molecule has 2 aromatic carbocycles. The highest BCUT2D eigenvalue weighted by Gasteiger charge is 2.04. The minimum atomic E-state index is 0.357. The van der Waals surface area contributed by atoms with Gasteiger partial charge >= 0.3 is 0 Å². The molecule has 0 fully saturated rings. The van der Waals surface area contributed by atoms with E-state index in [0.29, 0.717) is 5.95 Å². The Balaban J connectivity index is 1.85. The summed E-state index contributed by atoms with van der Waals surface area (Å²) in [7, 11) is 0. The number of aromatic nitrogens is 2. The van der Waals surface area contributed by atoms with Gasteiger partial charge in [0.05, 0.1) is 18.1 Å². The fourth-order valence-corrected chi connectivity index (χ4v) is 2.13. The van der Waals surface area contributed by atoms with Crippen molar-refractivity contribution in [1.82, 2.24) is 9.66 Å². The van der Waals surface area contributed by atoms with Crippen LogP contribution in [0.25, 0.3) is 0 Å². The van der Waals surface area contributed by atoms with Crippen LogP contribution in [-0.2, 0) is 0 Å². The lowest BCUT2D eigenvalue weighted by molar-refractivity contribution is 0.482. The number of nitrogens with two attached hydrogens (primary N) is 1. The predicted molar refractivity (Wildman–Crippen MR) is 92.1 cm³/mol. The number of hydrogen-bond acceptors (Lipinski definition) is 4. The molecule has 1 heterocycles. The van der Waals surface area contributed by atoms with Crippen LogP contribution in [0.5, 0.6) is 11.5 Å². The summed E-state index contributed by atoms with van der Waals surface area (Å²) in [5.41, 5.74) is 8.66. The van der Waals surface area contributed by atoms with Crippen LogP contribution >= 0.6 is 0 Å². The normalized spacial score (nSPS) is 11.0. The van der Waals surface area contributed by atoms with Crippen LogP contribution in [0.3, 0.4) is 0 Å². The Labute approximate surface area is 135 Å².